The Morgan fingerprint density at radius 3 is 2.81 bits per heavy atom. The average molecular weight is 277 g/mol. The summed E-state index contributed by atoms with van der Waals surface area (Å²) in [5, 5.41) is 17.3. The van der Waals surface area contributed by atoms with Crippen LogP contribution in [0.4, 0.5) is 5.00 Å². The van der Waals surface area contributed by atoms with E-state index in [9.17, 15) is 14.3 Å². The minimum Gasteiger partial charge on any atom is -0.374 e. The number of nitro groups is 1. The molecule has 2 heterocycles. The second-order valence-corrected chi connectivity index (χ2v) is 6.24. The van der Waals surface area contributed by atoms with E-state index in [1.165, 1.54) is 0 Å². The van der Waals surface area contributed by atoms with Crippen molar-refractivity contribution in [1.82, 2.24) is 4.98 Å². The summed E-state index contributed by atoms with van der Waals surface area (Å²) in [7, 11) is -1.57. The van der Waals surface area contributed by atoms with Crippen LogP contribution in [0.1, 0.15) is 0 Å². The maximum Gasteiger partial charge on any atom is 0.344 e. The highest BCUT2D eigenvalue weighted by Crippen LogP contribution is 2.31. The Labute approximate surface area is 99.3 Å². The van der Waals surface area contributed by atoms with Crippen LogP contribution in [0.25, 0.3) is 0 Å². The number of nitrogens with zero attached hydrogens (tertiary/aromatic N) is 4. The van der Waals surface area contributed by atoms with Gasteiger partial charge in [-0.1, -0.05) is 0 Å². The van der Waals surface area contributed by atoms with E-state index >= 15 is 0 Å². The van der Waals surface area contributed by atoms with Crippen LogP contribution in [0.5, 0.6) is 0 Å². The standard InChI is InChI=1S/C5H3N5O3S3/c6-3-8-9-5(16(3)13)15-4-7-1-2(14-4)10(11)12/h1H,(H2,6,8). The van der Waals surface area contributed by atoms with Crippen LogP contribution in [0.3, 0.4) is 0 Å². The maximum atomic E-state index is 11.4. The molecule has 11 heteroatoms. The number of aromatic nitrogens is 1. The zero-order valence-corrected chi connectivity index (χ0v) is 9.84. The normalized spacial score (nSPS) is 19.4. The topological polar surface area (TPSA) is 124 Å². The maximum absolute atomic E-state index is 11.4. The van der Waals surface area contributed by atoms with Gasteiger partial charge in [0.05, 0.1) is 4.92 Å². The third-order valence-corrected chi connectivity index (χ3v) is 4.75. The van der Waals surface area contributed by atoms with E-state index in [0.29, 0.717) is 4.34 Å². The molecule has 1 atom stereocenters. The van der Waals surface area contributed by atoms with Gasteiger partial charge in [-0.3, -0.25) is 10.1 Å². The molecule has 8 nitrogen and oxygen atoms in total. The highest BCUT2D eigenvalue weighted by atomic mass is 32.2. The van der Waals surface area contributed by atoms with Crippen LogP contribution in [-0.4, -0.2) is 23.7 Å². The van der Waals surface area contributed by atoms with Gasteiger partial charge in [0.1, 0.15) is 6.20 Å². The molecule has 1 aliphatic heterocycles. The fraction of sp³-hybridized carbons (Fsp3) is 0. The van der Waals surface area contributed by atoms with Crippen molar-refractivity contribution in [1.29, 1.82) is 0 Å². The lowest BCUT2D eigenvalue weighted by Gasteiger charge is -1.92. The van der Waals surface area contributed by atoms with Gasteiger partial charge in [0, 0.05) is 0 Å². The Morgan fingerprint density at radius 1 is 1.56 bits per heavy atom. The van der Waals surface area contributed by atoms with Gasteiger partial charge in [0.15, 0.2) is 19.5 Å². The highest BCUT2D eigenvalue weighted by Gasteiger charge is 2.23. The smallest absolute Gasteiger partial charge is 0.344 e. The van der Waals surface area contributed by atoms with Crippen molar-refractivity contribution in [2.75, 3.05) is 0 Å². The minimum absolute atomic E-state index is 0.0754. The molecule has 0 bridgehead atoms. The Morgan fingerprint density at radius 2 is 2.31 bits per heavy atom. The first-order chi connectivity index (χ1) is 7.58. The molecule has 84 valence electrons. The molecule has 1 aromatic rings. The number of hydrogen-bond donors (Lipinski definition) is 1. The lowest BCUT2D eigenvalue weighted by Crippen LogP contribution is -2.18. The summed E-state index contributed by atoms with van der Waals surface area (Å²) >= 11 is 1.84. The lowest BCUT2D eigenvalue weighted by atomic mass is 10.9. The van der Waals surface area contributed by atoms with Crippen molar-refractivity contribution in [3.8, 4) is 0 Å². The molecule has 16 heavy (non-hydrogen) atoms. The van der Waals surface area contributed by atoms with Gasteiger partial charge in [-0.05, 0) is 23.1 Å². The number of amidine groups is 1. The van der Waals surface area contributed by atoms with Crippen LogP contribution in [-0.2, 0) is 10.8 Å². The fourth-order valence-corrected chi connectivity index (χ4v) is 3.59. The Kier molecular flexibility index (Phi) is 2.98. The lowest BCUT2D eigenvalue weighted by molar-refractivity contribution is -0.380. The van der Waals surface area contributed by atoms with Gasteiger partial charge in [0.2, 0.25) is 5.17 Å². The quantitative estimate of drug-likeness (QED) is 0.619. The van der Waals surface area contributed by atoms with E-state index in [0.717, 1.165) is 29.3 Å². The van der Waals surface area contributed by atoms with Crippen molar-refractivity contribution < 1.29 is 9.13 Å². The van der Waals surface area contributed by atoms with Crippen LogP contribution < -0.4 is 5.73 Å². The van der Waals surface area contributed by atoms with Crippen molar-refractivity contribution in [3.63, 3.8) is 0 Å². The SMILES string of the molecule is NC1=NN=C(Sc2ncc([N+](=O)[O-])s2)S1=O. The summed E-state index contributed by atoms with van der Waals surface area (Å²) in [6.07, 6.45) is 1.13. The van der Waals surface area contributed by atoms with Crippen LogP contribution in [0.15, 0.2) is 20.7 Å². The molecule has 1 unspecified atom stereocenters. The van der Waals surface area contributed by atoms with Gasteiger partial charge in [-0.15, -0.1) is 10.2 Å². The van der Waals surface area contributed by atoms with E-state index in [1.807, 2.05) is 0 Å². The van der Waals surface area contributed by atoms with Gasteiger partial charge in [-0.2, -0.15) is 0 Å². The first-order valence-electron chi connectivity index (χ1n) is 3.69. The average Bonchev–Trinajstić information content (AvgIpc) is 2.81. The second kappa shape index (κ2) is 4.27. The van der Waals surface area contributed by atoms with Gasteiger partial charge in [0.25, 0.3) is 0 Å². The van der Waals surface area contributed by atoms with Crippen molar-refractivity contribution in [2.45, 2.75) is 4.34 Å². The minimum atomic E-state index is -1.57. The van der Waals surface area contributed by atoms with Crippen molar-refractivity contribution in [3.05, 3.63) is 16.3 Å². The number of rotatable bonds is 2. The Balaban J connectivity index is 2.11. The van der Waals surface area contributed by atoms with Gasteiger partial charge < -0.3 is 5.73 Å². The Hall–Kier alpha value is -1.33. The molecule has 0 aliphatic carbocycles. The monoisotopic (exact) mass is 277 g/mol. The zero-order valence-electron chi connectivity index (χ0n) is 7.39. The van der Waals surface area contributed by atoms with Crippen LogP contribution in [0, 0.1) is 10.1 Å². The van der Waals surface area contributed by atoms with Crippen molar-refractivity contribution >= 4 is 48.4 Å². The van der Waals surface area contributed by atoms with Crippen LogP contribution >= 0.6 is 23.1 Å². The number of thioether (sulfide) groups is 1. The summed E-state index contributed by atoms with van der Waals surface area (Å²) in [6, 6.07) is 0. The predicted molar refractivity (Wildman–Crippen MR) is 61.8 cm³/mol. The molecule has 0 spiro atoms. The van der Waals surface area contributed by atoms with E-state index in [1.54, 1.807) is 0 Å². The molecule has 0 radical (unpaired) electrons. The largest absolute Gasteiger partial charge is 0.374 e. The third-order valence-electron chi connectivity index (χ3n) is 1.41. The van der Waals surface area contributed by atoms with E-state index < -0.39 is 15.7 Å². The van der Waals surface area contributed by atoms with E-state index in [-0.39, 0.29) is 14.5 Å². The summed E-state index contributed by atoms with van der Waals surface area (Å²) in [5.74, 6) is 0. The summed E-state index contributed by atoms with van der Waals surface area (Å²) in [4.78, 5) is 13.7. The van der Waals surface area contributed by atoms with Gasteiger partial charge >= 0.3 is 5.00 Å². The number of nitrogens with two attached hydrogens (primary N) is 1. The van der Waals surface area contributed by atoms with E-state index in [2.05, 4.69) is 15.2 Å². The molecule has 1 aliphatic rings. The molecular formula is C5H3N5O3S3. The van der Waals surface area contributed by atoms with Crippen LogP contribution in [0.2, 0.25) is 0 Å². The molecule has 0 fully saturated rings. The summed E-state index contributed by atoms with van der Waals surface area (Å²) in [6.45, 7) is 0. The van der Waals surface area contributed by atoms with Gasteiger partial charge in [-0.25, -0.2) is 9.19 Å². The molecule has 0 saturated carbocycles. The molecule has 2 rings (SSSR count). The first-order valence-corrected chi connectivity index (χ1v) is 6.47. The molecule has 2 N–H and O–H groups in total. The summed E-state index contributed by atoms with van der Waals surface area (Å²) in [5.41, 5.74) is 5.27. The molecule has 0 amide bonds. The molecule has 0 aromatic carbocycles. The Bertz CT molecular complexity index is 535. The number of hydrogen-bond acceptors (Lipinski definition) is 9. The number of thiazole rings is 1. The van der Waals surface area contributed by atoms with E-state index in [4.69, 9.17) is 5.73 Å². The third kappa shape index (κ3) is 2.10. The highest BCUT2D eigenvalue weighted by molar-refractivity contribution is 8.38. The zero-order chi connectivity index (χ0) is 11.7. The molecule has 1 aromatic heterocycles. The predicted octanol–water partition coefficient (Wildman–Crippen LogP) is 0.491. The fourth-order valence-electron chi connectivity index (χ4n) is 0.768. The molecular weight excluding hydrogens is 274 g/mol. The molecule has 0 saturated heterocycles. The summed E-state index contributed by atoms with van der Waals surface area (Å²) < 4.78 is 12.0. The first kappa shape index (κ1) is 11.2. The van der Waals surface area contributed by atoms with Crippen molar-refractivity contribution in [2.24, 2.45) is 15.9 Å². The second-order valence-electron chi connectivity index (χ2n) is 2.40.